The van der Waals surface area contributed by atoms with Gasteiger partial charge in [0.05, 0.1) is 0 Å². The van der Waals surface area contributed by atoms with E-state index >= 15 is 0 Å². The van der Waals surface area contributed by atoms with Gasteiger partial charge in [-0.3, -0.25) is 19.2 Å². The molecule has 0 spiro atoms. The minimum atomic E-state index is -3.16. The predicted molar refractivity (Wildman–Crippen MR) is 195 cm³/mol. The van der Waals surface area contributed by atoms with Crippen molar-refractivity contribution >= 4 is 23.1 Å². The van der Waals surface area contributed by atoms with E-state index in [4.69, 9.17) is 0 Å². The Balaban J connectivity index is 2.43. The van der Waals surface area contributed by atoms with Gasteiger partial charge >= 0.3 is 0 Å². The lowest BCUT2D eigenvalue weighted by atomic mass is 9.70. The molecule has 0 heterocycles. The highest BCUT2D eigenvalue weighted by Crippen LogP contribution is 2.38. The SMILES string of the molecule is CCCCCC/C=C/CCCCCCCC(=O)C(O)(C(O)C(=O)CCCCCCCCCCCCCCCCC)C1(O)C(=O)CCC1=O. The lowest BCUT2D eigenvalue weighted by molar-refractivity contribution is -0.202. The van der Waals surface area contributed by atoms with Gasteiger partial charge in [-0.15, -0.1) is 0 Å². The number of aliphatic hydroxyl groups is 3. The molecule has 0 bridgehead atoms. The van der Waals surface area contributed by atoms with Gasteiger partial charge in [-0.25, -0.2) is 0 Å². The van der Waals surface area contributed by atoms with Gasteiger partial charge in [0.25, 0.3) is 0 Å². The van der Waals surface area contributed by atoms with Gasteiger partial charge in [0.15, 0.2) is 34.8 Å². The molecule has 2 unspecified atom stereocenters. The van der Waals surface area contributed by atoms with E-state index in [0.29, 0.717) is 19.3 Å². The van der Waals surface area contributed by atoms with Crippen LogP contribution in [-0.4, -0.2) is 55.8 Å². The second-order valence-corrected chi connectivity index (χ2v) is 14.4. The van der Waals surface area contributed by atoms with E-state index in [1.807, 2.05) is 0 Å². The predicted octanol–water partition coefficient (Wildman–Crippen LogP) is 9.40. The van der Waals surface area contributed by atoms with Crippen molar-refractivity contribution in [3.63, 3.8) is 0 Å². The standard InChI is InChI=1S/C41H72O7/c1-3-5-7-9-11-13-15-17-18-20-21-23-25-27-29-31-35(42)39(46)41(48,40(47)37(44)33-34-38(40)45)36(43)32-30-28-26-24-22-19-16-14-12-10-8-6-4-2/h14,16,39,46-48H,3-13,15,17-34H2,1-2H3/b16-14+. The number of ketones is 4. The van der Waals surface area contributed by atoms with Crippen molar-refractivity contribution < 1.29 is 34.5 Å². The molecule has 0 radical (unpaired) electrons. The molecule has 1 fully saturated rings. The molecule has 7 heteroatoms. The lowest BCUT2D eigenvalue weighted by Crippen LogP contribution is -2.72. The van der Waals surface area contributed by atoms with Crippen LogP contribution >= 0.6 is 0 Å². The zero-order chi connectivity index (χ0) is 35.5. The third-order valence-electron chi connectivity index (χ3n) is 10.3. The molecule has 48 heavy (non-hydrogen) atoms. The Morgan fingerprint density at radius 2 is 0.938 bits per heavy atom. The van der Waals surface area contributed by atoms with Crippen LogP contribution in [0.4, 0.5) is 0 Å². The fraction of sp³-hybridized carbons (Fsp3) is 0.854. The molecular formula is C41H72O7. The Bertz CT molecular complexity index is 910. The molecule has 0 aromatic carbocycles. The van der Waals surface area contributed by atoms with Crippen LogP contribution in [-0.2, 0) is 19.2 Å². The molecule has 2 atom stereocenters. The van der Waals surface area contributed by atoms with E-state index in [0.717, 1.165) is 57.8 Å². The van der Waals surface area contributed by atoms with Crippen molar-refractivity contribution in [3.05, 3.63) is 12.2 Å². The number of hydrogen-bond acceptors (Lipinski definition) is 7. The van der Waals surface area contributed by atoms with Crippen molar-refractivity contribution in [3.8, 4) is 0 Å². The van der Waals surface area contributed by atoms with Crippen LogP contribution in [0.25, 0.3) is 0 Å². The Hall–Kier alpha value is -1.70. The van der Waals surface area contributed by atoms with Crippen molar-refractivity contribution in [1.82, 2.24) is 0 Å². The summed E-state index contributed by atoms with van der Waals surface area (Å²) in [6.45, 7) is 4.45. The number of aliphatic hydroxyl groups excluding tert-OH is 1. The second-order valence-electron chi connectivity index (χ2n) is 14.4. The summed E-state index contributed by atoms with van der Waals surface area (Å²) < 4.78 is 0. The Morgan fingerprint density at radius 3 is 1.35 bits per heavy atom. The largest absolute Gasteiger partial charge is 0.382 e. The molecular weight excluding hydrogens is 604 g/mol. The first kappa shape index (κ1) is 44.3. The summed E-state index contributed by atoms with van der Waals surface area (Å²) in [6.07, 6.45) is 29.8. The molecule has 0 aromatic heterocycles. The highest BCUT2D eigenvalue weighted by atomic mass is 16.4. The van der Waals surface area contributed by atoms with Crippen molar-refractivity contribution in [2.45, 2.75) is 224 Å². The van der Waals surface area contributed by atoms with Crippen LogP contribution in [0.1, 0.15) is 206 Å². The summed E-state index contributed by atoms with van der Waals surface area (Å²) >= 11 is 0. The van der Waals surface area contributed by atoms with Crippen molar-refractivity contribution in [1.29, 1.82) is 0 Å². The van der Waals surface area contributed by atoms with Crippen molar-refractivity contribution in [2.24, 2.45) is 0 Å². The smallest absolute Gasteiger partial charge is 0.220 e. The summed E-state index contributed by atoms with van der Waals surface area (Å²) in [5.74, 6) is -3.86. The zero-order valence-electron chi connectivity index (χ0n) is 30.9. The summed E-state index contributed by atoms with van der Waals surface area (Å²) in [7, 11) is 0. The third kappa shape index (κ3) is 15.9. The number of rotatable bonds is 33. The fourth-order valence-electron chi connectivity index (χ4n) is 6.96. The van der Waals surface area contributed by atoms with Gasteiger partial charge in [-0.2, -0.15) is 0 Å². The molecule has 0 aromatic rings. The minimum Gasteiger partial charge on any atom is -0.382 e. The van der Waals surface area contributed by atoms with Crippen molar-refractivity contribution in [2.75, 3.05) is 0 Å². The first-order valence-corrected chi connectivity index (χ1v) is 20.1. The average molecular weight is 677 g/mol. The maximum absolute atomic E-state index is 13.4. The highest BCUT2D eigenvalue weighted by molar-refractivity contribution is 6.21. The van der Waals surface area contributed by atoms with Gasteiger partial charge in [0, 0.05) is 25.7 Å². The number of unbranched alkanes of at least 4 members (excludes halogenated alkanes) is 23. The first-order chi connectivity index (χ1) is 23.2. The van der Waals surface area contributed by atoms with E-state index < -0.39 is 40.4 Å². The number of carbonyl (C=O) groups is 4. The van der Waals surface area contributed by atoms with Gasteiger partial charge in [0.2, 0.25) is 5.60 Å². The normalized spacial score (nSPS) is 16.5. The number of carbonyl (C=O) groups excluding carboxylic acids is 4. The number of hydrogen-bond donors (Lipinski definition) is 3. The fourth-order valence-corrected chi connectivity index (χ4v) is 6.96. The van der Waals surface area contributed by atoms with Crippen LogP contribution in [0.3, 0.4) is 0 Å². The second kappa shape index (κ2) is 27.1. The maximum atomic E-state index is 13.4. The number of allylic oxidation sites excluding steroid dienone is 2. The van der Waals surface area contributed by atoms with E-state index in [9.17, 15) is 34.5 Å². The summed E-state index contributed by atoms with van der Waals surface area (Å²) in [6, 6.07) is 0. The van der Waals surface area contributed by atoms with Gasteiger partial charge in [-0.05, 0) is 38.5 Å². The average Bonchev–Trinajstić information content (AvgIpc) is 3.35. The van der Waals surface area contributed by atoms with E-state index in [-0.39, 0.29) is 25.7 Å². The maximum Gasteiger partial charge on any atom is 0.220 e. The molecule has 0 amide bonds. The van der Waals surface area contributed by atoms with Crippen LogP contribution in [0.15, 0.2) is 12.2 Å². The Morgan fingerprint density at radius 1 is 0.604 bits per heavy atom. The molecule has 1 aliphatic carbocycles. The van der Waals surface area contributed by atoms with Gasteiger partial charge < -0.3 is 15.3 Å². The van der Waals surface area contributed by atoms with E-state index in [2.05, 4.69) is 26.0 Å². The third-order valence-corrected chi connectivity index (χ3v) is 10.3. The highest BCUT2D eigenvalue weighted by Gasteiger charge is 2.69. The molecule has 0 aliphatic heterocycles. The first-order valence-electron chi connectivity index (χ1n) is 20.1. The van der Waals surface area contributed by atoms with Crippen LogP contribution in [0.5, 0.6) is 0 Å². The van der Waals surface area contributed by atoms with Gasteiger partial charge in [0.1, 0.15) is 0 Å². The Kier molecular flexibility index (Phi) is 25.0. The molecule has 7 nitrogen and oxygen atoms in total. The zero-order valence-corrected chi connectivity index (χ0v) is 30.9. The summed E-state index contributed by atoms with van der Waals surface area (Å²) in [5.41, 5.74) is -6.25. The summed E-state index contributed by atoms with van der Waals surface area (Å²) in [5, 5.41) is 33.7. The number of Topliss-reactive ketones (excluding diaryl/α,β-unsaturated/α-hetero) is 4. The van der Waals surface area contributed by atoms with E-state index in [1.54, 1.807) is 0 Å². The Labute approximate surface area is 293 Å². The molecule has 1 aliphatic rings. The van der Waals surface area contributed by atoms with Crippen LogP contribution in [0, 0.1) is 0 Å². The molecule has 1 rings (SSSR count). The van der Waals surface area contributed by atoms with Crippen LogP contribution in [0.2, 0.25) is 0 Å². The monoisotopic (exact) mass is 677 g/mol. The van der Waals surface area contributed by atoms with E-state index in [1.165, 1.54) is 89.9 Å². The summed E-state index contributed by atoms with van der Waals surface area (Å²) in [4.78, 5) is 51.7. The molecule has 278 valence electrons. The van der Waals surface area contributed by atoms with Crippen LogP contribution < -0.4 is 0 Å². The quantitative estimate of drug-likeness (QED) is 0.0359. The molecule has 1 saturated carbocycles. The van der Waals surface area contributed by atoms with Gasteiger partial charge in [-0.1, -0.05) is 154 Å². The lowest BCUT2D eigenvalue weighted by Gasteiger charge is -2.40. The molecule has 0 saturated heterocycles. The minimum absolute atomic E-state index is 0.0966. The molecule has 3 N–H and O–H groups in total. The topological polar surface area (TPSA) is 129 Å².